The number of rotatable bonds is 8. The first-order valence-corrected chi connectivity index (χ1v) is 7.41. The van der Waals surface area contributed by atoms with E-state index >= 15 is 0 Å². The molecular formula is C11H24O4S-2. The maximum Gasteiger partial charge on any atom is 0.0311 e. The monoisotopic (exact) mass is 252 g/mol. The molecular weight excluding hydrogens is 228 g/mol. The summed E-state index contributed by atoms with van der Waals surface area (Å²) in [7, 11) is -5.17. The van der Waals surface area contributed by atoms with Crippen molar-refractivity contribution in [1.82, 2.24) is 0 Å². The molecule has 0 N–H and O–H groups in total. The highest BCUT2D eigenvalue weighted by molar-refractivity contribution is 7.79. The van der Waals surface area contributed by atoms with Crippen LogP contribution < -0.4 is 0 Å². The van der Waals surface area contributed by atoms with Gasteiger partial charge in [-0.2, -0.15) is 0 Å². The summed E-state index contributed by atoms with van der Waals surface area (Å²) in [5.74, 6) is 0. The van der Waals surface area contributed by atoms with Gasteiger partial charge in [0, 0.05) is 10.4 Å². The Bertz CT molecular complexity index is 196. The second-order valence-corrected chi connectivity index (χ2v) is 4.70. The van der Waals surface area contributed by atoms with Crippen LogP contribution in [-0.4, -0.2) is 17.5 Å². The fraction of sp³-hybridized carbons (Fsp3) is 1.00. The Morgan fingerprint density at radius 2 is 0.875 bits per heavy atom. The van der Waals surface area contributed by atoms with Crippen LogP contribution >= 0.6 is 0 Å². The summed E-state index contributed by atoms with van der Waals surface area (Å²) in [6.07, 6.45) is 13.0. The highest BCUT2D eigenvalue weighted by Gasteiger charge is 1.88. The van der Waals surface area contributed by atoms with E-state index in [-0.39, 0.29) is 0 Å². The van der Waals surface area contributed by atoms with Crippen molar-refractivity contribution in [2.75, 3.05) is 0 Å². The molecule has 0 radical (unpaired) electrons. The van der Waals surface area contributed by atoms with Crippen molar-refractivity contribution in [3.8, 4) is 0 Å². The predicted molar refractivity (Wildman–Crippen MR) is 63.4 cm³/mol. The van der Waals surface area contributed by atoms with E-state index in [2.05, 4.69) is 13.8 Å². The SMILES string of the molecule is CCCCCCCCCCC.O=S(=O)([O-])[O-]. The van der Waals surface area contributed by atoms with Gasteiger partial charge in [-0.25, -0.2) is 0 Å². The van der Waals surface area contributed by atoms with E-state index in [1.165, 1.54) is 57.8 Å². The summed E-state index contributed by atoms with van der Waals surface area (Å²) < 4.78 is 34.1. The summed E-state index contributed by atoms with van der Waals surface area (Å²) in [4.78, 5) is 0. The molecule has 0 aliphatic heterocycles. The molecule has 0 aromatic heterocycles. The maximum absolute atomic E-state index is 8.52. The van der Waals surface area contributed by atoms with E-state index in [1.807, 2.05) is 0 Å². The zero-order valence-corrected chi connectivity index (χ0v) is 11.2. The lowest BCUT2D eigenvalue weighted by Crippen LogP contribution is -1.91. The van der Waals surface area contributed by atoms with Crippen LogP contribution in [0.4, 0.5) is 0 Å². The molecule has 0 aromatic carbocycles. The lowest BCUT2D eigenvalue weighted by molar-refractivity contribution is 0.352. The van der Waals surface area contributed by atoms with Gasteiger partial charge in [-0.05, 0) is 0 Å². The molecule has 0 aliphatic carbocycles. The molecule has 0 amide bonds. The van der Waals surface area contributed by atoms with Crippen molar-refractivity contribution in [1.29, 1.82) is 0 Å². The van der Waals surface area contributed by atoms with Gasteiger partial charge in [0.25, 0.3) is 0 Å². The Morgan fingerprint density at radius 3 is 1.06 bits per heavy atom. The first kappa shape index (κ1) is 18.2. The number of unbranched alkanes of at least 4 members (excludes halogenated alkanes) is 8. The zero-order valence-electron chi connectivity index (χ0n) is 10.4. The van der Waals surface area contributed by atoms with Crippen LogP contribution in [0, 0.1) is 0 Å². The molecule has 0 saturated heterocycles. The lowest BCUT2D eigenvalue weighted by atomic mass is 10.1. The van der Waals surface area contributed by atoms with Gasteiger partial charge in [-0.1, -0.05) is 71.6 Å². The third kappa shape index (κ3) is 37.1. The van der Waals surface area contributed by atoms with Crippen molar-refractivity contribution in [2.45, 2.75) is 71.6 Å². The Labute approximate surface area is 100 Å². The highest BCUT2D eigenvalue weighted by atomic mass is 32.3. The van der Waals surface area contributed by atoms with Gasteiger partial charge in [0.15, 0.2) is 0 Å². The second kappa shape index (κ2) is 12.9. The number of hydrogen-bond acceptors (Lipinski definition) is 4. The van der Waals surface area contributed by atoms with E-state index < -0.39 is 10.4 Å². The topological polar surface area (TPSA) is 80.3 Å². The molecule has 16 heavy (non-hydrogen) atoms. The summed E-state index contributed by atoms with van der Waals surface area (Å²) >= 11 is 0. The van der Waals surface area contributed by atoms with Gasteiger partial charge >= 0.3 is 0 Å². The third-order valence-electron chi connectivity index (χ3n) is 2.21. The predicted octanol–water partition coefficient (Wildman–Crippen LogP) is 3.20. The second-order valence-electron chi connectivity index (χ2n) is 3.88. The summed E-state index contributed by atoms with van der Waals surface area (Å²) in [5, 5.41) is 0. The molecule has 100 valence electrons. The molecule has 0 atom stereocenters. The van der Waals surface area contributed by atoms with Crippen molar-refractivity contribution < 1.29 is 17.5 Å². The van der Waals surface area contributed by atoms with Crippen LogP contribution in [0.15, 0.2) is 0 Å². The van der Waals surface area contributed by atoms with E-state index in [0.29, 0.717) is 0 Å². The van der Waals surface area contributed by atoms with E-state index in [0.717, 1.165) is 0 Å². The van der Waals surface area contributed by atoms with E-state index in [9.17, 15) is 0 Å². The summed E-state index contributed by atoms with van der Waals surface area (Å²) in [5.41, 5.74) is 0. The average Bonchev–Trinajstić information content (AvgIpc) is 2.14. The fourth-order valence-electron chi connectivity index (χ4n) is 1.38. The Balaban J connectivity index is 0. The first-order chi connectivity index (χ1) is 7.41. The van der Waals surface area contributed by atoms with Gasteiger partial charge in [-0.3, -0.25) is 8.42 Å². The van der Waals surface area contributed by atoms with E-state index in [1.54, 1.807) is 0 Å². The van der Waals surface area contributed by atoms with Gasteiger partial charge in [-0.15, -0.1) is 0 Å². The average molecular weight is 252 g/mol. The van der Waals surface area contributed by atoms with E-state index in [4.69, 9.17) is 17.5 Å². The molecule has 0 fully saturated rings. The highest BCUT2D eigenvalue weighted by Crippen LogP contribution is 2.08. The zero-order chi connectivity index (χ0) is 12.9. The smallest absolute Gasteiger partial charge is 0.0311 e. The van der Waals surface area contributed by atoms with Gasteiger partial charge < -0.3 is 9.11 Å². The molecule has 0 unspecified atom stereocenters. The quantitative estimate of drug-likeness (QED) is 0.377. The minimum atomic E-state index is -5.17. The molecule has 0 heterocycles. The first-order valence-electron chi connectivity index (χ1n) is 6.08. The number of hydrogen-bond donors (Lipinski definition) is 0. The van der Waals surface area contributed by atoms with Crippen LogP contribution in [0.3, 0.4) is 0 Å². The Morgan fingerprint density at radius 1 is 0.688 bits per heavy atom. The maximum atomic E-state index is 8.52. The van der Waals surface area contributed by atoms with Crippen molar-refractivity contribution in [3.05, 3.63) is 0 Å². The molecule has 0 rings (SSSR count). The minimum Gasteiger partial charge on any atom is -0.759 e. The van der Waals surface area contributed by atoms with Gasteiger partial charge in [0.05, 0.1) is 0 Å². The normalized spacial score (nSPS) is 10.8. The molecule has 0 spiro atoms. The lowest BCUT2D eigenvalue weighted by Gasteiger charge is -2.06. The van der Waals surface area contributed by atoms with Gasteiger partial charge in [0.2, 0.25) is 0 Å². The van der Waals surface area contributed by atoms with Crippen LogP contribution in [0.25, 0.3) is 0 Å². The fourth-order valence-corrected chi connectivity index (χ4v) is 1.38. The molecule has 0 aliphatic rings. The Kier molecular flexibility index (Phi) is 14.7. The van der Waals surface area contributed by atoms with Crippen LogP contribution in [-0.2, 0) is 10.4 Å². The molecule has 0 saturated carbocycles. The Hall–Kier alpha value is -0.130. The van der Waals surface area contributed by atoms with Crippen molar-refractivity contribution in [3.63, 3.8) is 0 Å². The van der Waals surface area contributed by atoms with Gasteiger partial charge in [0.1, 0.15) is 0 Å². The van der Waals surface area contributed by atoms with Crippen LogP contribution in [0.5, 0.6) is 0 Å². The van der Waals surface area contributed by atoms with Crippen LogP contribution in [0.2, 0.25) is 0 Å². The van der Waals surface area contributed by atoms with Crippen molar-refractivity contribution in [2.24, 2.45) is 0 Å². The standard InChI is InChI=1S/C11H24.H2O4S/c1-3-5-7-9-11-10-8-6-4-2;1-5(2,3)4/h3-11H2,1-2H3;(H2,1,2,3,4)/p-2. The molecule has 4 nitrogen and oxygen atoms in total. The molecule has 0 aromatic rings. The molecule has 5 heteroatoms. The van der Waals surface area contributed by atoms with Crippen LogP contribution in [0.1, 0.15) is 71.6 Å². The van der Waals surface area contributed by atoms with Crippen molar-refractivity contribution >= 4 is 10.4 Å². The molecule has 0 bridgehead atoms. The largest absolute Gasteiger partial charge is 0.759 e. The summed E-state index contributed by atoms with van der Waals surface area (Å²) in [6.45, 7) is 4.55. The third-order valence-corrected chi connectivity index (χ3v) is 2.21. The minimum absolute atomic E-state index is 1.37. The summed E-state index contributed by atoms with van der Waals surface area (Å²) in [6, 6.07) is 0.